The topological polar surface area (TPSA) is 26.0 Å². The van der Waals surface area contributed by atoms with Crippen LogP contribution in [-0.4, -0.2) is 0 Å². The fourth-order valence-corrected chi connectivity index (χ4v) is 2.56. The number of nitrogens with two attached hydrogens (primary N) is 1. The summed E-state index contributed by atoms with van der Waals surface area (Å²) >= 11 is 0. The Labute approximate surface area is 120 Å². The number of aryl methyl sites for hydroxylation is 2. The van der Waals surface area contributed by atoms with E-state index in [9.17, 15) is 4.39 Å². The van der Waals surface area contributed by atoms with Gasteiger partial charge in [0, 0.05) is 6.04 Å². The summed E-state index contributed by atoms with van der Waals surface area (Å²) in [6.45, 7) is 4.28. The van der Waals surface area contributed by atoms with Crippen LogP contribution in [0.1, 0.15) is 42.1 Å². The molecule has 2 N–H and O–H groups in total. The molecule has 0 saturated heterocycles. The summed E-state index contributed by atoms with van der Waals surface area (Å²) in [5.74, 6) is -0.201. The van der Waals surface area contributed by atoms with Crippen molar-refractivity contribution in [3.63, 3.8) is 0 Å². The van der Waals surface area contributed by atoms with Crippen LogP contribution in [0.25, 0.3) is 0 Å². The predicted octanol–water partition coefficient (Wildman–Crippen LogP) is 4.19. The van der Waals surface area contributed by atoms with E-state index < -0.39 is 0 Å². The van der Waals surface area contributed by atoms with E-state index in [1.54, 1.807) is 12.1 Å². The molecule has 0 saturated carbocycles. The van der Waals surface area contributed by atoms with Crippen LogP contribution in [0.5, 0.6) is 0 Å². The molecule has 0 aliphatic heterocycles. The van der Waals surface area contributed by atoms with Crippen LogP contribution in [0.2, 0.25) is 0 Å². The second-order valence-corrected chi connectivity index (χ2v) is 5.18. The van der Waals surface area contributed by atoms with Crippen LogP contribution in [0.15, 0.2) is 42.5 Å². The number of rotatable bonds is 5. The molecule has 0 aliphatic rings. The Morgan fingerprint density at radius 2 is 1.80 bits per heavy atom. The van der Waals surface area contributed by atoms with Gasteiger partial charge in [-0.25, -0.2) is 4.39 Å². The minimum absolute atomic E-state index is 0.0850. The highest BCUT2D eigenvalue weighted by molar-refractivity contribution is 5.35. The van der Waals surface area contributed by atoms with Crippen molar-refractivity contribution in [2.75, 3.05) is 0 Å². The van der Waals surface area contributed by atoms with Gasteiger partial charge in [0.05, 0.1) is 0 Å². The molecule has 0 fully saturated rings. The number of halogens is 1. The van der Waals surface area contributed by atoms with Crippen LogP contribution < -0.4 is 5.73 Å². The van der Waals surface area contributed by atoms with Crippen LogP contribution >= 0.6 is 0 Å². The zero-order chi connectivity index (χ0) is 14.5. The third-order valence-electron chi connectivity index (χ3n) is 3.74. The van der Waals surface area contributed by atoms with Crippen molar-refractivity contribution in [2.45, 2.75) is 39.2 Å². The van der Waals surface area contributed by atoms with E-state index in [2.05, 4.69) is 32.0 Å². The van der Waals surface area contributed by atoms with Gasteiger partial charge in [0.1, 0.15) is 5.82 Å². The van der Waals surface area contributed by atoms with Gasteiger partial charge in [-0.15, -0.1) is 0 Å². The van der Waals surface area contributed by atoms with Gasteiger partial charge >= 0.3 is 0 Å². The lowest BCUT2D eigenvalue weighted by Crippen LogP contribution is -2.16. The molecule has 0 aliphatic carbocycles. The molecular formula is C18H22FN. The lowest BCUT2D eigenvalue weighted by atomic mass is 9.92. The monoisotopic (exact) mass is 271 g/mol. The van der Waals surface area contributed by atoms with Gasteiger partial charge in [0.25, 0.3) is 0 Å². The maximum Gasteiger partial charge on any atom is 0.123 e. The molecule has 1 nitrogen and oxygen atoms in total. The Morgan fingerprint density at radius 1 is 1.00 bits per heavy atom. The molecule has 2 aromatic rings. The molecule has 0 spiro atoms. The third-order valence-corrected chi connectivity index (χ3v) is 3.74. The normalized spacial score (nSPS) is 12.4. The highest BCUT2D eigenvalue weighted by Crippen LogP contribution is 2.23. The lowest BCUT2D eigenvalue weighted by molar-refractivity contribution is 0.621. The van der Waals surface area contributed by atoms with Crippen molar-refractivity contribution < 1.29 is 4.39 Å². The molecular weight excluding hydrogens is 249 g/mol. The Bertz CT molecular complexity index is 577. The average molecular weight is 271 g/mol. The van der Waals surface area contributed by atoms with Crippen LogP contribution in [0.3, 0.4) is 0 Å². The van der Waals surface area contributed by atoms with E-state index in [1.807, 2.05) is 6.07 Å². The summed E-state index contributed by atoms with van der Waals surface area (Å²) in [5, 5.41) is 0. The zero-order valence-corrected chi connectivity index (χ0v) is 12.2. The summed E-state index contributed by atoms with van der Waals surface area (Å²) < 4.78 is 13.2. The van der Waals surface area contributed by atoms with Gasteiger partial charge in [0.15, 0.2) is 0 Å². The molecule has 0 radical (unpaired) electrons. The lowest BCUT2D eigenvalue weighted by Gasteiger charge is -2.17. The summed E-state index contributed by atoms with van der Waals surface area (Å²) in [5.41, 5.74) is 11.1. The van der Waals surface area contributed by atoms with Crippen molar-refractivity contribution in [1.29, 1.82) is 0 Å². The first kappa shape index (κ1) is 14.7. The molecule has 1 atom stereocenters. The minimum atomic E-state index is -0.201. The number of hydrogen-bond donors (Lipinski definition) is 1. The molecule has 2 rings (SSSR count). The Balaban J connectivity index is 2.25. The molecule has 1 unspecified atom stereocenters. The summed E-state index contributed by atoms with van der Waals surface area (Å²) in [6.07, 6.45) is 2.64. The van der Waals surface area contributed by atoms with Gasteiger partial charge in [0.2, 0.25) is 0 Å². The van der Waals surface area contributed by atoms with Gasteiger partial charge < -0.3 is 5.73 Å². The maximum atomic E-state index is 13.2. The second-order valence-electron chi connectivity index (χ2n) is 5.18. The van der Waals surface area contributed by atoms with Crippen molar-refractivity contribution in [3.8, 4) is 0 Å². The van der Waals surface area contributed by atoms with Crippen LogP contribution in [0.4, 0.5) is 4.39 Å². The predicted molar refractivity (Wildman–Crippen MR) is 82.2 cm³/mol. The Morgan fingerprint density at radius 3 is 2.45 bits per heavy atom. The van der Waals surface area contributed by atoms with E-state index in [0.717, 1.165) is 18.4 Å². The minimum Gasteiger partial charge on any atom is -0.324 e. The molecule has 2 heteroatoms. The van der Waals surface area contributed by atoms with Crippen molar-refractivity contribution in [2.24, 2.45) is 5.73 Å². The summed E-state index contributed by atoms with van der Waals surface area (Å²) in [4.78, 5) is 0. The van der Waals surface area contributed by atoms with E-state index in [0.29, 0.717) is 6.42 Å². The molecule has 20 heavy (non-hydrogen) atoms. The number of hydrogen-bond acceptors (Lipinski definition) is 1. The molecule has 2 aromatic carbocycles. The Hall–Kier alpha value is -1.67. The zero-order valence-electron chi connectivity index (χ0n) is 12.2. The molecule has 106 valence electrons. The first-order valence-electron chi connectivity index (χ1n) is 7.25. The third kappa shape index (κ3) is 3.45. The van der Waals surface area contributed by atoms with E-state index in [4.69, 9.17) is 5.73 Å². The van der Waals surface area contributed by atoms with E-state index >= 15 is 0 Å². The molecule has 0 bridgehead atoms. The van der Waals surface area contributed by atoms with Crippen molar-refractivity contribution in [3.05, 3.63) is 70.5 Å². The average Bonchev–Trinajstić information content (AvgIpc) is 2.46. The second kappa shape index (κ2) is 6.67. The molecule has 0 amide bonds. The highest BCUT2D eigenvalue weighted by atomic mass is 19.1. The van der Waals surface area contributed by atoms with E-state index in [1.165, 1.54) is 22.8 Å². The SMILES string of the molecule is CCc1ccc(CC)c(C(N)Cc2cccc(F)c2)c1. The van der Waals surface area contributed by atoms with Gasteiger partial charge in [-0.3, -0.25) is 0 Å². The molecule has 0 heterocycles. The van der Waals surface area contributed by atoms with Gasteiger partial charge in [-0.05, 0) is 53.6 Å². The quantitative estimate of drug-likeness (QED) is 0.867. The summed E-state index contributed by atoms with van der Waals surface area (Å²) in [7, 11) is 0. The van der Waals surface area contributed by atoms with Gasteiger partial charge in [-0.2, -0.15) is 0 Å². The maximum absolute atomic E-state index is 13.2. The van der Waals surface area contributed by atoms with Gasteiger partial charge in [-0.1, -0.05) is 44.2 Å². The number of benzene rings is 2. The largest absolute Gasteiger partial charge is 0.324 e. The van der Waals surface area contributed by atoms with E-state index in [-0.39, 0.29) is 11.9 Å². The first-order chi connectivity index (χ1) is 9.63. The molecule has 0 aromatic heterocycles. The highest BCUT2D eigenvalue weighted by Gasteiger charge is 2.12. The fourth-order valence-electron chi connectivity index (χ4n) is 2.56. The van der Waals surface area contributed by atoms with Crippen molar-refractivity contribution in [1.82, 2.24) is 0 Å². The smallest absolute Gasteiger partial charge is 0.123 e. The van der Waals surface area contributed by atoms with Crippen LogP contribution in [0, 0.1) is 5.82 Å². The fraction of sp³-hybridized carbons (Fsp3) is 0.333. The standard InChI is InChI=1S/C18H22FN/c1-3-13-8-9-15(4-2)17(11-13)18(20)12-14-6-5-7-16(19)10-14/h5-11,18H,3-4,12,20H2,1-2H3. The Kier molecular flexibility index (Phi) is 4.91. The van der Waals surface area contributed by atoms with Crippen molar-refractivity contribution >= 4 is 0 Å². The van der Waals surface area contributed by atoms with Crippen LogP contribution in [-0.2, 0) is 19.3 Å². The summed E-state index contributed by atoms with van der Waals surface area (Å²) in [6, 6.07) is 13.1. The first-order valence-corrected chi connectivity index (χ1v) is 7.25.